The third-order valence-electron chi connectivity index (χ3n) is 5.27. The molecule has 1 aliphatic heterocycles. The number of nitrogens with one attached hydrogen (secondary N) is 1. The van der Waals surface area contributed by atoms with Gasteiger partial charge in [-0.2, -0.15) is 0 Å². The minimum Gasteiger partial charge on any atom is -0.323 e. The number of rotatable bonds is 6. The summed E-state index contributed by atoms with van der Waals surface area (Å²) >= 11 is 1.48. The van der Waals surface area contributed by atoms with Crippen molar-refractivity contribution >= 4 is 22.9 Å². The van der Waals surface area contributed by atoms with Gasteiger partial charge in [-0.25, -0.2) is 13.8 Å². The number of thiazole rings is 1. The maximum absolute atomic E-state index is 13.7. The Morgan fingerprint density at radius 1 is 1.13 bits per heavy atom. The first kappa shape index (κ1) is 21.5. The van der Waals surface area contributed by atoms with Gasteiger partial charge in [-0.3, -0.25) is 9.69 Å². The Morgan fingerprint density at radius 2 is 1.94 bits per heavy atom. The Labute approximate surface area is 184 Å². The van der Waals surface area contributed by atoms with E-state index >= 15 is 0 Å². The standard InChI is InChI=1S/C23H24F2N4OS/c1-28-7-9-29(10-8-28)14-16-3-2-4-17(11-16)23-26-19(15-31-23)13-22(30)27-21-6-5-18(24)12-20(21)25/h2-6,11-12,15H,7-10,13-14H2,1H3,(H,27,30). The predicted molar refractivity (Wildman–Crippen MR) is 119 cm³/mol. The van der Waals surface area contributed by atoms with Crippen LogP contribution in [0, 0.1) is 11.6 Å². The molecule has 0 unspecified atom stereocenters. The van der Waals surface area contributed by atoms with Crippen LogP contribution in [0.1, 0.15) is 11.3 Å². The van der Waals surface area contributed by atoms with Gasteiger partial charge < -0.3 is 10.2 Å². The van der Waals surface area contributed by atoms with E-state index in [1.54, 1.807) is 0 Å². The summed E-state index contributed by atoms with van der Waals surface area (Å²) in [5.74, 6) is -1.88. The SMILES string of the molecule is CN1CCN(Cc2cccc(-c3nc(CC(=O)Nc4ccc(F)cc4F)cs3)c2)CC1. The van der Waals surface area contributed by atoms with E-state index < -0.39 is 17.5 Å². The second kappa shape index (κ2) is 9.64. The summed E-state index contributed by atoms with van der Waals surface area (Å²) in [5, 5.41) is 5.15. The second-order valence-corrected chi connectivity index (χ2v) is 8.63. The highest BCUT2D eigenvalue weighted by Gasteiger charge is 2.15. The number of aromatic nitrogens is 1. The van der Waals surface area contributed by atoms with Crippen molar-refractivity contribution < 1.29 is 13.6 Å². The molecule has 0 aliphatic carbocycles. The zero-order valence-electron chi connectivity index (χ0n) is 17.3. The summed E-state index contributed by atoms with van der Waals surface area (Å²) < 4.78 is 26.7. The van der Waals surface area contributed by atoms with Gasteiger partial charge in [0.15, 0.2) is 0 Å². The Bertz CT molecular complexity index is 1060. The third-order valence-corrected chi connectivity index (χ3v) is 6.21. The summed E-state index contributed by atoms with van der Waals surface area (Å²) in [6.45, 7) is 5.20. The monoisotopic (exact) mass is 442 g/mol. The number of amides is 1. The average Bonchev–Trinajstić information content (AvgIpc) is 3.20. The van der Waals surface area contributed by atoms with Gasteiger partial charge in [-0.05, 0) is 30.8 Å². The normalized spacial score (nSPS) is 15.2. The highest BCUT2D eigenvalue weighted by molar-refractivity contribution is 7.13. The van der Waals surface area contributed by atoms with Gasteiger partial charge in [0, 0.05) is 49.7 Å². The third kappa shape index (κ3) is 5.72. The van der Waals surface area contributed by atoms with E-state index in [1.165, 1.54) is 23.0 Å². The first-order valence-corrected chi connectivity index (χ1v) is 11.0. The van der Waals surface area contributed by atoms with Gasteiger partial charge in [0.25, 0.3) is 0 Å². The van der Waals surface area contributed by atoms with Crippen molar-refractivity contribution in [1.29, 1.82) is 0 Å². The highest BCUT2D eigenvalue weighted by atomic mass is 32.1. The van der Waals surface area contributed by atoms with Crippen LogP contribution in [-0.2, 0) is 17.8 Å². The largest absolute Gasteiger partial charge is 0.323 e. The fourth-order valence-electron chi connectivity index (χ4n) is 3.54. The molecule has 4 rings (SSSR count). The molecule has 0 saturated carbocycles. The summed E-state index contributed by atoms with van der Waals surface area (Å²) in [6, 6.07) is 11.4. The van der Waals surface area contributed by atoms with Gasteiger partial charge in [-0.15, -0.1) is 11.3 Å². The van der Waals surface area contributed by atoms with Crippen molar-refractivity contribution in [3.05, 3.63) is 70.7 Å². The first-order chi connectivity index (χ1) is 15.0. The molecule has 1 fully saturated rings. The second-order valence-electron chi connectivity index (χ2n) is 7.77. The van der Waals surface area contributed by atoms with Crippen molar-refractivity contribution in [2.75, 3.05) is 38.5 Å². The molecule has 0 spiro atoms. The minimum atomic E-state index is -0.801. The Balaban J connectivity index is 1.38. The molecule has 3 aromatic rings. The van der Waals surface area contributed by atoms with Crippen LogP contribution >= 0.6 is 11.3 Å². The number of nitrogens with zero attached hydrogens (tertiary/aromatic N) is 3. The average molecular weight is 443 g/mol. The van der Waals surface area contributed by atoms with Crippen molar-refractivity contribution in [3.63, 3.8) is 0 Å². The number of carbonyl (C=O) groups excluding carboxylic acids is 1. The fraction of sp³-hybridized carbons (Fsp3) is 0.304. The molecule has 1 N–H and O–H groups in total. The number of hydrogen-bond donors (Lipinski definition) is 1. The molecule has 1 amide bonds. The van der Waals surface area contributed by atoms with Crippen molar-refractivity contribution in [3.8, 4) is 10.6 Å². The summed E-state index contributed by atoms with van der Waals surface area (Å²) in [6.07, 6.45) is 0.0221. The van der Waals surface area contributed by atoms with Crippen molar-refractivity contribution in [2.24, 2.45) is 0 Å². The summed E-state index contributed by atoms with van der Waals surface area (Å²) in [5.41, 5.74) is 2.83. The lowest BCUT2D eigenvalue weighted by Crippen LogP contribution is -2.43. The van der Waals surface area contributed by atoms with Crippen molar-refractivity contribution in [1.82, 2.24) is 14.8 Å². The first-order valence-electron chi connectivity index (χ1n) is 10.2. The highest BCUT2D eigenvalue weighted by Crippen LogP contribution is 2.25. The Kier molecular flexibility index (Phi) is 6.70. The molecule has 1 aliphatic rings. The minimum absolute atomic E-state index is 0.0221. The number of benzene rings is 2. The maximum Gasteiger partial charge on any atom is 0.230 e. The number of anilines is 1. The number of hydrogen-bond acceptors (Lipinski definition) is 5. The molecule has 1 saturated heterocycles. The molecular weight excluding hydrogens is 418 g/mol. The molecule has 162 valence electrons. The van der Waals surface area contributed by atoms with Gasteiger partial charge in [0.1, 0.15) is 16.6 Å². The molecule has 2 aromatic carbocycles. The molecule has 0 bridgehead atoms. The summed E-state index contributed by atoms with van der Waals surface area (Å²) in [4.78, 5) is 21.6. The Hall–Kier alpha value is -2.68. The fourth-order valence-corrected chi connectivity index (χ4v) is 4.35. The maximum atomic E-state index is 13.7. The molecule has 8 heteroatoms. The predicted octanol–water partition coefficient (Wildman–Crippen LogP) is 4.02. The Morgan fingerprint density at radius 3 is 2.71 bits per heavy atom. The van der Waals surface area contributed by atoms with Crippen molar-refractivity contribution in [2.45, 2.75) is 13.0 Å². The molecule has 0 radical (unpaired) electrons. The van der Waals surface area contributed by atoms with E-state index in [4.69, 9.17) is 0 Å². The van der Waals surface area contributed by atoms with E-state index in [1.807, 2.05) is 17.5 Å². The lowest BCUT2D eigenvalue weighted by atomic mass is 10.1. The molecule has 0 atom stereocenters. The van der Waals surface area contributed by atoms with Crippen LogP contribution in [0.15, 0.2) is 47.8 Å². The molecule has 1 aromatic heterocycles. The summed E-state index contributed by atoms with van der Waals surface area (Å²) in [7, 11) is 2.15. The van der Waals surface area contributed by atoms with Gasteiger partial charge >= 0.3 is 0 Å². The van der Waals surface area contributed by atoms with Gasteiger partial charge in [0.05, 0.1) is 17.8 Å². The van der Waals surface area contributed by atoms with E-state index in [0.29, 0.717) is 5.69 Å². The van der Waals surface area contributed by atoms with Crippen LogP contribution < -0.4 is 5.32 Å². The molecule has 5 nitrogen and oxygen atoms in total. The number of carbonyl (C=O) groups is 1. The number of halogens is 2. The van der Waals surface area contributed by atoms with Crippen LogP contribution in [-0.4, -0.2) is 53.9 Å². The number of piperazine rings is 1. The zero-order chi connectivity index (χ0) is 21.8. The molecule has 2 heterocycles. The van der Waals surface area contributed by atoms with E-state index in [-0.39, 0.29) is 12.1 Å². The molecular formula is C23H24F2N4OS. The topological polar surface area (TPSA) is 48.5 Å². The van der Waals surface area contributed by atoms with Gasteiger partial charge in [-0.1, -0.05) is 18.2 Å². The van der Waals surface area contributed by atoms with Crippen LogP contribution in [0.25, 0.3) is 10.6 Å². The van der Waals surface area contributed by atoms with Crippen LogP contribution in [0.2, 0.25) is 0 Å². The zero-order valence-corrected chi connectivity index (χ0v) is 18.1. The quantitative estimate of drug-likeness (QED) is 0.627. The number of likely N-dealkylation sites (N-methyl/N-ethyl adjacent to an activating group) is 1. The van der Waals surface area contributed by atoms with Crippen LogP contribution in [0.3, 0.4) is 0 Å². The lowest BCUT2D eigenvalue weighted by Gasteiger charge is -2.32. The van der Waals surface area contributed by atoms with Gasteiger partial charge in [0.2, 0.25) is 5.91 Å². The van der Waals surface area contributed by atoms with E-state index in [2.05, 4.69) is 39.3 Å². The van der Waals surface area contributed by atoms with Crippen LogP contribution in [0.4, 0.5) is 14.5 Å². The van der Waals surface area contributed by atoms with E-state index in [0.717, 1.165) is 55.4 Å². The van der Waals surface area contributed by atoms with E-state index in [9.17, 15) is 13.6 Å². The lowest BCUT2D eigenvalue weighted by molar-refractivity contribution is -0.115. The van der Waals surface area contributed by atoms with Crippen LogP contribution in [0.5, 0.6) is 0 Å². The smallest absolute Gasteiger partial charge is 0.230 e. The molecule has 31 heavy (non-hydrogen) atoms.